The SMILES string of the molecule is C=C1c2ccc(c(C)c2)/N=N\C2CN1CCO2. The summed E-state index contributed by atoms with van der Waals surface area (Å²) in [6.07, 6.45) is -0.172. The summed E-state index contributed by atoms with van der Waals surface area (Å²) in [4.78, 5) is 2.22. The van der Waals surface area contributed by atoms with E-state index in [0.29, 0.717) is 6.61 Å². The van der Waals surface area contributed by atoms with Gasteiger partial charge in [0.25, 0.3) is 0 Å². The summed E-state index contributed by atoms with van der Waals surface area (Å²) in [7, 11) is 0. The van der Waals surface area contributed by atoms with Crippen LogP contribution in [0.3, 0.4) is 0 Å². The third-order valence-electron chi connectivity index (χ3n) is 3.25. The molecule has 3 heterocycles. The minimum atomic E-state index is -0.172. The van der Waals surface area contributed by atoms with Crippen molar-refractivity contribution < 1.29 is 4.74 Å². The Labute approximate surface area is 101 Å². The number of benzene rings is 1. The van der Waals surface area contributed by atoms with Crippen molar-refractivity contribution >= 4 is 11.4 Å². The minimum Gasteiger partial charge on any atom is -0.365 e. The highest BCUT2D eigenvalue weighted by Gasteiger charge is 2.22. The van der Waals surface area contributed by atoms with Gasteiger partial charge in [0.15, 0.2) is 6.23 Å². The Bertz CT molecular complexity index is 495. The van der Waals surface area contributed by atoms with E-state index in [1.165, 1.54) is 0 Å². The Morgan fingerprint density at radius 1 is 1.47 bits per heavy atom. The Morgan fingerprint density at radius 3 is 3.18 bits per heavy atom. The largest absolute Gasteiger partial charge is 0.365 e. The van der Waals surface area contributed by atoms with E-state index in [2.05, 4.69) is 33.8 Å². The Balaban J connectivity index is 2.10. The maximum atomic E-state index is 5.56. The van der Waals surface area contributed by atoms with Crippen LogP contribution in [0.15, 0.2) is 35.0 Å². The zero-order chi connectivity index (χ0) is 11.8. The van der Waals surface area contributed by atoms with Crippen LogP contribution in [0.25, 0.3) is 5.70 Å². The van der Waals surface area contributed by atoms with Gasteiger partial charge in [0, 0.05) is 12.2 Å². The predicted molar refractivity (Wildman–Crippen MR) is 66.0 cm³/mol. The Kier molecular flexibility index (Phi) is 2.44. The molecule has 4 heteroatoms. The molecule has 0 spiro atoms. The third-order valence-corrected chi connectivity index (χ3v) is 3.25. The number of rotatable bonds is 0. The minimum absolute atomic E-state index is 0.172. The summed E-state index contributed by atoms with van der Waals surface area (Å²) in [5.41, 5.74) is 4.23. The van der Waals surface area contributed by atoms with E-state index in [1.807, 2.05) is 13.0 Å². The normalized spacial score (nSPS) is 24.9. The van der Waals surface area contributed by atoms with Crippen LogP contribution in [-0.4, -0.2) is 30.8 Å². The van der Waals surface area contributed by atoms with Crippen molar-refractivity contribution in [1.29, 1.82) is 0 Å². The maximum Gasteiger partial charge on any atom is 0.186 e. The van der Waals surface area contributed by atoms with Gasteiger partial charge >= 0.3 is 0 Å². The number of fused-ring (bicyclic) bond motifs is 2. The molecule has 1 fully saturated rings. The van der Waals surface area contributed by atoms with Gasteiger partial charge in [0.2, 0.25) is 0 Å². The predicted octanol–water partition coefficient (Wildman–Crippen LogP) is 2.72. The molecule has 0 amide bonds. The average molecular weight is 229 g/mol. The fraction of sp³-hybridized carbons (Fsp3) is 0.385. The number of hydrogen-bond donors (Lipinski definition) is 0. The van der Waals surface area contributed by atoms with Crippen LogP contribution in [0.1, 0.15) is 11.1 Å². The molecule has 1 saturated heterocycles. The second-order valence-corrected chi connectivity index (χ2v) is 4.43. The van der Waals surface area contributed by atoms with E-state index in [9.17, 15) is 0 Å². The van der Waals surface area contributed by atoms with E-state index >= 15 is 0 Å². The van der Waals surface area contributed by atoms with Gasteiger partial charge in [-0.2, -0.15) is 10.2 Å². The fourth-order valence-corrected chi connectivity index (χ4v) is 2.20. The molecule has 4 bridgehead atoms. The van der Waals surface area contributed by atoms with Crippen molar-refractivity contribution in [2.24, 2.45) is 10.2 Å². The molecule has 4 nitrogen and oxygen atoms in total. The van der Waals surface area contributed by atoms with Gasteiger partial charge in [-0.1, -0.05) is 12.6 Å². The highest BCUT2D eigenvalue weighted by Crippen LogP contribution is 2.28. The van der Waals surface area contributed by atoms with E-state index in [0.717, 1.165) is 35.6 Å². The topological polar surface area (TPSA) is 37.2 Å². The maximum absolute atomic E-state index is 5.56. The van der Waals surface area contributed by atoms with E-state index in [4.69, 9.17) is 4.74 Å². The van der Waals surface area contributed by atoms with Crippen molar-refractivity contribution in [2.45, 2.75) is 13.2 Å². The fourth-order valence-electron chi connectivity index (χ4n) is 2.20. The summed E-state index contributed by atoms with van der Waals surface area (Å²) < 4.78 is 5.56. The molecule has 1 aromatic rings. The quantitative estimate of drug-likeness (QED) is 0.686. The molecule has 0 saturated carbocycles. The van der Waals surface area contributed by atoms with Gasteiger partial charge in [-0.15, -0.1) is 0 Å². The molecule has 1 aromatic carbocycles. The Morgan fingerprint density at radius 2 is 2.35 bits per heavy atom. The van der Waals surface area contributed by atoms with E-state index < -0.39 is 0 Å². The second-order valence-electron chi connectivity index (χ2n) is 4.43. The first-order valence-corrected chi connectivity index (χ1v) is 5.81. The monoisotopic (exact) mass is 229 g/mol. The van der Waals surface area contributed by atoms with Crippen LogP contribution in [0.4, 0.5) is 5.69 Å². The number of hydrogen-bond acceptors (Lipinski definition) is 4. The first kappa shape index (κ1) is 10.5. The van der Waals surface area contributed by atoms with Crippen molar-refractivity contribution in [1.82, 2.24) is 4.90 Å². The lowest BCUT2D eigenvalue weighted by Gasteiger charge is -2.34. The second kappa shape index (κ2) is 3.96. The molecule has 0 N–H and O–H groups in total. The lowest BCUT2D eigenvalue weighted by atomic mass is 10.1. The molecule has 0 radical (unpaired) electrons. The highest BCUT2D eigenvalue weighted by atomic mass is 16.5. The molecule has 0 aromatic heterocycles. The van der Waals surface area contributed by atoms with Crippen molar-refractivity contribution in [2.75, 3.05) is 19.7 Å². The summed E-state index contributed by atoms with van der Waals surface area (Å²) in [6, 6.07) is 6.16. The van der Waals surface area contributed by atoms with Gasteiger partial charge in [-0.3, -0.25) is 0 Å². The molecular formula is C13H15N3O. The van der Waals surface area contributed by atoms with Crippen molar-refractivity contribution in [3.63, 3.8) is 0 Å². The van der Waals surface area contributed by atoms with Gasteiger partial charge in [-0.25, -0.2) is 0 Å². The number of azo groups is 1. The molecule has 1 unspecified atom stereocenters. The Hall–Kier alpha value is -1.68. The lowest BCUT2D eigenvalue weighted by Crippen LogP contribution is -2.40. The van der Waals surface area contributed by atoms with Crippen LogP contribution < -0.4 is 0 Å². The van der Waals surface area contributed by atoms with Crippen LogP contribution in [0.2, 0.25) is 0 Å². The first-order chi connectivity index (χ1) is 8.24. The summed E-state index contributed by atoms with van der Waals surface area (Å²) in [5.74, 6) is 0. The number of ether oxygens (including phenoxy) is 1. The smallest absolute Gasteiger partial charge is 0.186 e. The number of morpholine rings is 1. The van der Waals surface area contributed by atoms with Crippen LogP contribution in [0, 0.1) is 6.92 Å². The standard InChI is InChI=1S/C13H15N3O/c1-9-7-11-3-4-12(9)14-15-13-8-16(10(11)2)5-6-17-13/h3-4,7,13H,2,5-6,8H2,1H3/b15-14-. The van der Waals surface area contributed by atoms with Gasteiger partial charge in [-0.05, 0) is 30.2 Å². The molecular weight excluding hydrogens is 214 g/mol. The van der Waals surface area contributed by atoms with Crippen LogP contribution in [0.5, 0.6) is 0 Å². The van der Waals surface area contributed by atoms with E-state index in [1.54, 1.807) is 0 Å². The summed E-state index contributed by atoms with van der Waals surface area (Å²) in [6.45, 7) is 8.50. The van der Waals surface area contributed by atoms with E-state index in [-0.39, 0.29) is 6.23 Å². The van der Waals surface area contributed by atoms with Gasteiger partial charge < -0.3 is 9.64 Å². The number of nitrogens with zero attached hydrogens (tertiary/aromatic N) is 3. The molecule has 0 aliphatic carbocycles. The molecule has 17 heavy (non-hydrogen) atoms. The molecule has 4 rings (SSSR count). The molecule has 3 aliphatic rings. The molecule has 3 aliphatic heterocycles. The average Bonchev–Trinajstić information content (AvgIpc) is 2.36. The van der Waals surface area contributed by atoms with Crippen molar-refractivity contribution in [3.8, 4) is 0 Å². The summed E-state index contributed by atoms with van der Waals surface area (Å²) >= 11 is 0. The number of aryl methyl sites for hydroxylation is 1. The first-order valence-electron chi connectivity index (χ1n) is 5.81. The van der Waals surface area contributed by atoms with Crippen molar-refractivity contribution in [3.05, 3.63) is 35.9 Å². The van der Waals surface area contributed by atoms with Crippen LogP contribution >= 0.6 is 0 Å². The lowest BCUT2D eigenvalue weighted by molar-refractivity contribution is -0.00684. The molecule has 1 atom stereocenters. The van der Waals surface area contributed by atoms with Gasteiger partial charge in [0.1, 0.15) is 0 Å². The zero-order valence-electron chi connectivity index (χ0n) is 9.89. The third kappa shape index (κ3) is 1.85. The zero-order valence-corrected chi connectivity index (χ0v) is 9.89. The van der Waals surface area contributed by atoms with Crippen LogP contribution in [-0.2, 0) is 4.74 Å². The highest BCUT2D eigenvalue weighted by molar-refractivity contribution is 5.65. The molecule has 88 valence electrons. The van der Waals surface area contributed by atoms with Gasteiger partial charge in [0.05, 0.1) is 18.8 Å². The summed E-state index contributed by atoms with van der Waals surface area (Å²) in [5, 5.41) is 8.51.